The minimum Gasteiger partial charge on any atom is -0.292 e. The third kappa shape index (κ3) is 2.52. The van der Waals surface area contributed by atoms with Crippen molar-refractivity contribution < 1.29 is 8.42 Å². The maximum atomic E-state index is 11.5. The van der Waals surface area contributed by atoms with Crippen molar-refractivity contribution in [3.05, 3.63) is 22.8 Å². The van der Waals surface area contributed by atoms with E-state index in [4.69, 9.17) is 10.7 Å². The summed E-state index contributed by atoms with van der Waals surface area (Å²) >= 11 is 3.29. The van der Waals surface area contributed by atoms with Crippen LogP contribution in [0.15, 0.2) is 28.0 Å². The van der Waals surface area contributed by atoms with Gasteiger partial charge in [-0.1, -0.05) is 0 Å². The van der Waals surface area contributed by atoms with Crippen molar-refractivity contribution in [2.75, 3.05) is 0 Å². The molecule has 0 amide bonds. The fourth-order valence-corrected chi connectivity index (χ4v) is 2.95. The van der Waals surface area contributed by atoms with Crippen LogP contribution in [-0.4, -0.2) is 28.2 Å². The molecule has 100 valence electrons. The zero-order valence-electron chi connectivity index (χ0n) is 9.49. The van der Waals surface area contributed by atoms with Gasteiger partial charge in [-0.05, 0) is 40.9 Å². The highest BCUT2D eigenvalue weighted by atomic mass is 79.9. The summed E-state index contributed by atoms with van der Waals surface area (Å²) in [6.07, 6.45) is 3.40. The van der Waals surface area contributed by atoms with Gasteiger partial charge < -0.3 is 0 Å². The van der Waals surface area contributed by atoms with Crippen molar-refractivity contribution in [1.29, 1.82) is 0 Å². The Bertz CT molecular complexity index is 724. The first kappa shape index (κ1) is 13.0. The average molecular weight is 364 g/mol. The van der Waals surface area contributed by atoms with Crippen LogP contribution in [0.5, 0.6) is 0 Å². The lowest BCUT2D eigenvalue weighted by atomic mass is 10.3. The number of nitrogens with zero attached hydrogens (tertiary/aromatic N) is 4. The van der Waals surface area contributed by atoms with Crippen molar-refractivity contribution >= 4 is 35.7 Å². The second kappa shape index (κ2) is 4.53. The molecule has 9 heteroatoms. The summed E-state index contributed by atoms with van der Waals surface area (Å²) in [5.41, 5.74) is 0.564. The molecule has 1 saturated carbocycles. The topological polar surface area (TPSA) is 77.7 Å². The quantitative estimate of drug-likeness (QED) is 0.782. The molecule has 2 aromatic rings. The van der Waals surface area contributed by atoms with Gasteiger partial charge in [-0.25, -0.2) is 8.42 Å². The van der Waals surface area contributed by atoms with Crippen molar-refractivity contribution in [2.24, 2.45) is 0 Å². The molecule has 0 aromatic carbocycles. The molecule has 0 bridgehead atoms. The standard InChI is InChI=1S/C10H8BrClN4O2S/c11-6-1-4-8(13-5-6)9-14-15-10(19(12,17)18)16(9)7-2-3-7/h1,4-5,7H,2-3H2. The van der Waals surface area contributed by atoms with E-state index in [0.717, 1.165) is 17.3 Å². The molecular weight excluding hydrogens is 356 g/mol. The molecule has 0 N–H and O–H groups in total. The SMILES string of the molecule is O=S(=O)(Cl)c1nnc(-c2ccc(Br)cn2)n1C1CC1. The van der Waals surface area contributed by atoms with E-state index in [-0.39, 0.29) is 11.2 Å². The van der Waals surface area contributed by atoms with Crippen LogP contribution in [0.25, 0.3) is 11.5 Å². The summed E-state index contributed by atoms with van der Waals surface area (Å²) in [7, 11) is 1.47. The normalized spacial score (nSPS) is 15.7. The first-order valence-electron chi connectivity index (χ1n) is 5.48. The molecule has 0 unspecified atom stereocenters. The van der Waals surface area contributed by atoms with Crippen molar-refractivity contribution in [3.63, 3.8) is 0 Å². The Labute approximate surface area is 122 Å². The molecule has 0 saturated heterocycles. The number of halogens is 2. The summed E-state index contributed by atoms with van der Waals surface area (Å²) < 4.78 is 25.4. The van der Waals surface area contributed by atoms with E-state index in [1.54, 1.807) is 16.8 Å². The van der Waals surface area contributed by atoms with Gasteiger partial charge in [-0.2, -0.15) is 0 Å². The van der Waals surface area contributed by atoms with E-state index >= 15 is 0 Å². The minimum atomic E-state index is -3.91. The van der Waals surface area contributed by atoms with Crippen LogP contribution in [0.1, 0.15) is 18.9 Å². The Morgan fingerprint density at radius 2 is 2.05 bits per heavy atom. The molecule has 19 heavy (non-hydrogen) atoms. The van der Waals surface area contributed by atoms with E-state index in [1.807, 2.05) is 6.07 Å². The van der Waals surface area contributed by atoms with Crippen LogP contribution in [0.2, 0.25) is 0 Å². The highest BCUT2D eigenvalue weighted by Gasteiger charge is 2.34. The molecule has 2 aromatic heterocycles. The maximum absolute atomic E-state index is 11.5. The molecule has 6 nitrogen and oxygen atoms in total. The first-order valence-corrected chi connectivity index (χ1v) is 8.58. The van der Waals surface area contributed by atoms with Gasteiger partial charge in [0.2, 0.25) is 0 Å². The summed E-state index contributed by atoms with van der Waals surface area (Å²) in [5, 5.41) is 7.39. The molecule has 0 radical (unpaired) electrons. The van der Waals surface area contributed by atoms with Gasteiger partial charge in [0.1, 0.15) is 5.69 Å². The fourth-order valence-electron chi connectivity index (χ4n) is 1.79. The van der Waals surface area contributed by atoms with Crippen LogP contribution >= 0.6 is 26.6 Å². The molecule has 1 aliphatic rings. The molecule has 0 spiro atoms. The monoisotopic (exact) mass is 362 g/mol. The fraction of sp³-hybridized carbons (Fsp3) is 0.300. The van der Waals surface area contributed by atoms with Crippen LogP contribution in [0.3, 0.4) is 0 Å². The summed E-state index contributed by atoms with van der Waals surface area (Å²) in [5.74, 6) is 0.425. The Balaban J connectivity index is 2.17. The number of pyridine rings is 1. The summed E-state index contributed by atoms with van der Waals surface area (Å²) in [6, 6.07) is 3.64. The molecule has 0 aliphatic heterocycles. The predicted molar refractivity (Wildman–Crippen MR) is 72.3 cm³/mol. The van der Waals surface area contributed by atoms with Crippen LogP contribution < -0.4 is 0 Å². The third-order valence-corrected chi connectivity index (χ3v) is 4.35. The molecule has 1 aliphatic carbocycles. The smallest absolute Gasteiger partial charge is 0.292 e. The lowest BCUT2D eigenvalue weighted by Crippen LogP contribution is -2.06. The third-order valence-electron chi connectivity index (χ3n) is 2.75. The van der Waals surface area contributed by atoms with Crippen molar-refractivity contribution in [3.8, 4) is 11.5 Å². The van der Waals surface area contributed by atoms with Gasteiger partial charge >= 0.3 is 0 Å². The largest absolute Gasteiger partial charge is 0.296 e. The Morgan fingerprint density at radius 1 is 1.32 bits per heavy atom. The highest BCUT2D eigenvalue weighted by Crippen LogP contribution is 2.40. The van der Waals surface area contributed by atoms with Crippen LogP contribution in [-0.2, 0) is 9.05 Å². The lowest BCUT2D eigenvalue weighted by Gasteiger charge is -2.06. The highest BCUT2D eigenvalue weighted by molar-refractivity contribution is 9.10. The second-order valence-corrected chi connectivity index (χ2v) is 7.58. The second-order valence-electron chi connectivity index (χ2n) is 4.21. The minimum absolute atomic E-state index is 0.0824. The van der Waals surface area contributed by atoms with Gasteiger partial charge in [-0.15, -0.1) is 10.2 Å². The number of hydrogen-bond acceptors (Lipinski definition) is 5. The van der Waals surface area contributed by atoms with E-state index < -0.39 is 9.05 Å². The predicted octanol–water partition coefficient (Wildman–Crippen LogP) is 2.37. The molecule has 1 fully saturated rings. The van der Waals surface area contributed by atoms with E-state index in [9.17, 15) is 8.42 Å². The number of rotatable bonds is 3. The van der Waals surface area contributed by atoms with E-state index in [2.05, 4.69) is 31.1 Å². The van der Waals surface area contributed by atoms with Gasteiger partial charge in [-0.3, -0.25) is 9.55 Å². The van der Waals surface area contributed by atoms with E-state index in [0.29, 0.717) is 11.5 Å². The molecule has 3 rings (SSSR count). The van der Waals surface area contributed by atoms with Crippen LogP contribution in [0.4, 0.5) is 0 Å². The average Bonchev–Trinajstić information content (AvgIpc) is 3.07. The van der Waals surface area contributed by atoms with Gasteiger partial charge in [0.15, 0.2) is 5.82 Å². The van der Waals surface area contributed by atoms with Gasteiger partial charge in [0.25, 0.3) is 14.2 Å². The summed E-state index contributed by atoms with van der Waals surface area (Å²) in [6.45, 7) is 0. The molecule has 0 atom stereocenters. The van der Waals surface area contributed by atoms with Gasteiger partial charge in [0.05, 0.1) is 0 Å². The maximum Gasteiger partial charge on any atom is 0.296 e. The number of aromatic nitrogens is 4. The van der Waals surface area contributed by atoms with Crippen LogP contribution in [0, 0.1) is 0 Å². The lowest BCUT2D eigenvalue weighted by molar-refractivity contribution is 0.579. The zero-order valence-corrected chi connectivity index (χ0v) is 12.7. The Kier molecular flexibility index (Phi) is 3.11. The number of hydrogen-bond donors (Lipinski definition) is 0. The molecular formula is C10H8BrClN4O2S. The zero-order chi connectivity index (χ0) is 13.6. The Hall–Kier alpha value is -0.990. The molecule has 2 heterocycles. The first-order chi connectivity index (χ1) is 8.97. The Morgan fingerprint density at radius 3 is 2.58 bits per heavy atom. The van der Waals surface area contributed by atoms with Crippen molar-refractivity contribution in [2.45, 2.75) is 24.0 Å². The summed E-state index contributed by atoms with van der Waals surface area (Å²) in [4.78, 5) is 4.21. The van der Waals surface area contributed by atoms with E-state index in [1.165, 1.54) is 0 Å². The van der Waals surface area contributed by atoms with Crippen molar-refractivity contribution in [1.82, 2.24) is 19.7 Å². The van der Waals surface area contributed by atoms with Gasteiger partial charge in [0, 0.05) is 27.4 Å².